The highest BCUT2D eigenvalue weighted by atomic mass is 16.6. The van der Waals surface area contributed by atoms with Gasteiger partial charge in [-0.15, -0.1) is 0 Å². The number of fused-ring (bicyclic) bond motifs is 1. The lowest BCUT2D eigenvalue weighted by molar-refractivity contribution is -0.384. The van der Waals surface area contributed by atoms with Crippen molar-refractivity contribution in [1.82, 2.24) is 4.57 Å². The Balaban J connectivity index is 1.89. The fraction of sp³-hybridized carbons (Fsp3) is 0.118. The van der Waals surface area contributed by atoms with Crippen LogP contribution in [0.4, 0.5) is 5.69 Å². The van der Waals surface area contributed by atoms with Crippen LogP contribution in [0.15, 0.2) is 54.7 Å². The number of aromatic nitrogens is 1. The highest BCUT2D eigenvalue weighted by Crippen LogP contribution is 2.22. The summed E-state index contributed by atoms with van der Waals surface area (Å²) >= 11 is 0. The first-order chi connectivity index (χ1) is 10.6. The largest absolute Gasteiger partial charge is 0.350 e. The molecular formula is C17H14N2O3. The number of para-hydroxylation sites is 1. The molecule has 0 fully saturated rings. The molecule has 3 rings (SSSR count). The zero-order chi connectivity index (χ0) is 15.7. The first-order valence-electron chi connectivity index (χ1n) is 6.87. The molecule has 0 N–H and O–H groups in total. The average molecular weight is 294 g/mol. The number of hydrogen-bond acceptors (Lipinski definition) is 3. The lowest BCUT2D eigenvalue weighted by Crippen LogP contribution is -2.03. The van der Waals surface area contributed by atoms with Crippen molar-refractivity contribution in [2.24, 2.45) is 7.05 Å². The molecule has 2 aromatic carbocycles. The van der Waals surface area contributed by atoms with Crippen LogP contribution in [0.1, 0.15) is 15.9 Å². The molecule has 0 radical (unpaired) electrons. The van der Waals surface area contributed by atoms with E-state index >= 15 is 0 Å². The van der Waals surface area contributed by atoms with Crippen molar-refractivity contribution in [2.45, 2.75) is 6.42 Å². The van der Waals surface area contributed by atoms with Crippen LogP contribution in [0.3, 0.4) is 0 Å². The Morgan fingerprint density at radius 1 is 1.14 bits per heavy atom. The molecule has 0 amide bonds. The van der Waals surface area contributed by atoms with E-state index in [1.165, 1.54) is 12.1 Å². The predicted molar refractivity (Wildman–Crippen MR) is 84.0 cm³/mol. The van der Waals surface area contributed by atoms with Crippen molar-refractivity contribution in [1.29, 1.82) is 0 Å². The second-order valence-corrected chi connectivity index (χ2v) is 5.19. The molecule has 1 heterocycles. The maximum atomic E-state index is 12.5. The van der Waals surface area contributed by atoms with E-state index in [9.17, 15) is 14.9 Å². The summed E-state index contributed by atoms with van der Waals surface area (Å²) < 4.78 is 1.93. The second-order valence-electron chi connectivity index (χ2n) is 5.19. The minimum atomic E-state index is -0.448. The van der Waals surface area contributed by atoms with Gasteiger partial charge in [-0.1, -0.05) is 30.3 Å². The molecule has 0 saturated carbocycles. The summed E-state index contributed by atoms with van der Waals surface area (Å²) in [4.78, 5) is 22.7. The lowest BCUT2D eigenvalue weighted by Gasteiger charge is -2.00. The quantitative estimate of drug-likeness (QED) is 0.420. The van der Waals surface area contributed by atoms with E-state index in [1.807, 2.05) is 42.1 Å². The van der Waals surface area contributed by atoms with Gasteiger partial charge >= 0.3 is 0 Å². The van der Waals surface area contributed by atoms with Crippen molar-refractivity contribution < 1.29 is 9.72 Å². The zero-order valence-electron chi connectivity index (χ0n) is 12.0. The van der Waals surface area contributed by atoms with Crippen LogP contribution in [0.2, 0.25) is 0 Å². The minimum Gasteiger partial charge on any atom is -0.350 e. The number of ketones is 1. The summed E-state index contributed by atoms with van der Waals surface area (Å²) in [5, 5.41) is 11.6. The molecule has 0 unspecified atom stereocenters. The summed E-state index contributed by atoms with van der Waals surface area (Å²) in [6, 6.07) is 13.8. The molecule has 0 atom stereocenters. The summed E-state index contributed by atoms with van der Waals surface area (Å²) in [6.45, 7) is 0. The number of carbonyl (C=O) groups is 1. The molecule has 5 nitrogen and oxygen atoms in total. The predicted octanol–water partition coefficient (Wildman–Crippen LogP) is 3.51. The number of nitro benzene ring substituents is 1. The van der Waals surface area contributed by atoms with E-state index in [0.717, 1.165) is 16.5 Å². The van der Waals surface area contributed by atoms with E-state index in [0.29, 0.717) is 5.56 Å². The summed E-state index contributed by atoms with van der Waals surface area (Å²) in [5.74, 6) is 0.00523. The van der Waals surface area contributed by atoms with Gasteiger partial charge in [-0.25, -0.2) is 0 Å². The Labute approximate surface area is 126 Å². The third-order valence-electron chi connectivity index (χ3n) is 3.71. The van der Waals surface area contributed by atoms with Gasteiger partial charge in [-0.3, -0.25) is 14.9 Å². The number of aryl methyl sites for hydroxylation is 1. The Hall–Kier alpha value is -2.95. The average Bonchev–Trinajstić information content (AvgIpc) is 2.86. The van der Waals surface area contributed by atoms with Crippen LogP contribution in [0.5, 0.6) is 0 Å². The van der Waals surface area contributed by atoms with Gasteiger partial charge in [-0.05, 0) is 11.6 Å². The fourth-order valence-corrected chi connectivity index (χ4v) is 2.58. The van der Waals surface area contributed by atoms with Crippen LogP contribution in [-0.2, 0) is 13.5 Å². The Morgan fingerprint density at radius 3 is 2.50 bits per heavy atom. The Kier molecular flexibility index (Phi) is 3.47. The van der Waals surface area contributed by atoms with Gasteiger partial charge < -0.3 is 4.57 Å². The highest BCUT2D eigenvalue weighted by molar-refractivity contribution is 6.08. The molecule has 1 aromatic heterocycles. The van der Waals surface area contributed by atoms with Crippen molar-refractivity contribution in [2.75, 3.05) is 0 Å². The van der Waals surface area contributed by atoms with Crippen LogP contribution in [0.25, 0.3) is 10.9 Å². The SMILES string of the molecule is Cn1cc(C(=O)Cc2ccc([N+](=O)[O-])cc2)c2ccccc21. The van der Waals surface area contributed by atoms with Gasteiger partial charge in [0.2, 0.25) is 0 Å². The first kappa shape index (κ1) is 14.0. The summed E-state index contributed by atoms with van der Waals surface area (Å²) in [5.41, 5.74) is 2.48. The van der Waals surface area contributed by atoms with Crippen molar-refractivity contribution in [3.8, 4) is 0 Å². The van der Waals surface area contributed by atoms with Gasteiger partial charge in [0.15, 0.2) is 5.78 Å². The number of nitrogens with zero attached hydrogens (tertiary/aromatic N) is 2. The van der Waals surface area contributed by atoms with Gasteiger partial charge in [0, 0.05) is 48.3 Å². The maximum Gasteiger partial charge on any atom is 0.269 e. The molecule has 0 bridgehead atoms. The topological polar surface area (TPSA) is 65.1 Å². The van der Waals surface area contributed by atoms with E-state index in [2.05, 4.69) is 0 Å². The van der Waals surface area contributed by atoms with Crippen molar-refractivity contribution >= 4 is 22.4 Å². The number of benzene rings is 2. The van der Waals surface area contributed by atoms with E-state index in [4.69, 9.17) is 0 Å². The smallest absolute Gasteiger partial charge is 0.269 e. The molecule has 0 spiro atoms. The molecule has 3 aromatic rings. The standard InChI is InChI=1S/C17H14N2O3/c1-18-11-15(14-4-2-3-5-16(14)18)17(20)10-12-6-8-13(9-7-12)19(21)22/h2-9,11H,10H2,1H3. The normalized spacial score (nSPS) is 10.8. The van der Waals surface area contributed by atoms with Gasteiger partial charge in [-0.2, -0.15) is 0 Å². The third kappa shape index (κ3) is 2.48. The van der Waals surface area contributed by atoms with Crippen LogP contribution < -0.4 is 0 Å². The van der Waals surface area contributed by atoms with Crippen molar-refractivity contribution in [3.63, 3.8) is 0 Å². The monoisotopic (exact) mass is 294 g/mol. The third-order valence-corrected chi connectivity index (χ3v) is 3.71. The number of Topliss-reactive ketones (excluding diaryl/α,β-unsaturated/α-hetero) is 1. The first-order valence-corrected chi connectivity index (χ1v) is 6.87. The van der Waals surface area contributed by atoms with Gasteiger partial charge in [0.05, 0.1) is 4.92 Å². The second kappa shape index (κ2) is 5.44. The zero-order valence-corrected chi connectivity index (χ0v) is 12.0. The summed E-state index contributed by atoms with van der Waals surface area (Å²) in [6.07, 6.45) is 2.06. The molecule has 0 aliphatic rings. The van der Waals surface area contributed by atoms with E-state index < -0.39 is 4.92 Å². The minimum absolute atomic E-state index is 0.00523. The van der Waals surface area contributed by atoms with Gasteiger partial charge in [0.1, 0.15) is 0 Å². The molecule has 0 aliphatic heterocycles. The highest BCUT2D eigenvalue weighted by Gasteiger charge is 2.14. The maximum absolute atomic E-state index is 12.5. The molecule has 0 saturated heterocycles. The number of hydrogen-bond donors (Lipinski definition) is 0. The summed E-state index contributed by atoms with van der Waals surface area (Å²) in [7, 11) is 1.91. The van der Waals surface area contributed by atoms with E-state index in [1.54, 1.807) is 12.1 Å². The number of rotatable bonds is 4. The van der Waals surface area contributed by atoms with Crippen LogP contribution in [-0.4, -0.2) is 15.3 Å². The molecular weight excluding hydrogens is 280 g/mol. The number of carbonyl (C=O) groups excluding carboxylic acids is 1. The Morgan fingerprint density at radius 2 is 1.82 bits per heavy atom. The van der Waals surface area contributed by atoms with Crippen molar-refractivity contribution in [3.05, 3.63) is 76.0 Å². The fourth-order valence-electron chi connectivity index (χ4n) is 2.58. The van der Waals surface area contributed by atoms with Gasteiger partial charge in [0.25, 0.3) is 5.69 Å². The van der Waals surface area contributed by atoms with E-state index in [-0.39, 0.29) is 17.9 Å². The lowest BCUT2D eigenvalue weighted by atomic mass is 10.0. The van der Waals surface area contributed by atoms with Crippen LogP contribution in [0, 0.1) is 10.1 Å². The molecule has 5 heteroatoms. The number of non-ortho nitro benzene ring substituents is 1. The molecule has 22 heavy (non-hydrogen) atoms. The Bertz CT molecular complexity index is 863. The number of nitro groups is 1. The molecule has 0 aliphatic carbocycles. The van der Waals surface area contributed by atoms with Crippen LogP contribution >= 0.6 is 0 Å². The molecule has 110 valence electrons.